The zero-order valence-corrected chi connectivity index (χ0v) is 18.0. The quantitative estimate of drug-likeness (QED) is 0.636. The molecule has 2 aromatic carbocycles. The molecule has 2 atom stereocenters. The number of nitrogens with zero attached hydrogens (tertiary/aromatic N) is 2. The van der Waals surface area contributed by atoms with Crippen molar-refractivity contribution in [2.75, 3.05) is 6.54 Å². The second-order valence-corrected chi connectivity index (χ2v) is 9.57. The van der Waals surface area contributed by atoms with E-state index in [9.17, 15) is 9.59 Å². The van der Waals surface area contributed by atoms with Crippen molar-refractivity contribution in [2.24, 2.45) is 0 Å². The Kier molecular flexibility index (Phi) is 4.23. The molecule has 30 heavy (non-hydrogen) atoms. The Balaban J connectivity index is 1.72. The number of hydrogen-bond acceptors (Lipinski definition) is 2. The Hall–Kier alpha value is -2.79. The van der Waals surface area contributed by atoms with Crippen LogP contribution in [0.4, 0.5) is 0 Å². The van der Waals surface area contributed by atoms with Gasteiger partial charge in [0, 0.05) is 33.6 Å². The van der Waals surface area contributed by atoms with Crippen LogP contribution in [-0.4, -0.2) is 44.7 Å². The lowest BCUT2D eigenvalue weighted by atomic mass is 9.85. The number of fused-ring (bicyclic) bond motifs is 4. The normalized spacial score (nSPS) is 21.7. The highest BCUT2D eigenvalue weighted by atomic mass is 35.5. The van der Waals surface area contributed by atoms with Crippen molar-refractivity contribution in [1.82, 2.24) is 14.8 Å². The standard InChI is InChI=1S/C24H24ClN3O2/c1-24(2,3)27-13-20(29)28-19(23(27)30)12-17-16-6-4-5-7-18(16)26-21(17)22(28)14-8-10-15(25)11-9-14/h4-11,19,22,26H,12-13H2,1-3H3/t19-,22-/m1/s1. The smallest absolute Gasteiger partial charge is 0.246 e. The number of amides is 2. The molecule has 0 aliphatic carbocycles. The monoisotopic (exact) mass is 421 g/mol. The Labute approximate surface area is 180 Å². The zero-order valence-electron chi connectivity index (χ0n) is 17.3. The van der Waals surface area contributed by atoms with E-state index < -0.39 is 11.6 Å². The number of aromatic amines is 1. The summed E-state index contributed by atoms with van der Waals surface area (Å²) in [4.78, 5) is 34.0. The van der Waals surface area contributed by atoms with E-state index in [1.54, 1.807) is 9.80 Å². The van der Waals surface area contributed by atoms with Crippen molar-refractivity contribution in [3.63, 3.8) is 0 Å². The second kappa shape index (κ2) is 6.61. The predicted molar refractivity (Wildman–Crippen MR) is 117 cm³/mol. The molecule has 2 aliphatic heterocycles. The van der Waals surface area contributed by atoms with Crippen LogP contribution < -0.4 is 0 Å². The zero-order chi connectivity index (χ0) is 21.2. The number of piperazine rings is 1. The number of para-hydroxylation sites is 1. The highest BCUT2D eigenvalue weighted by Crippen LogP contribution is 2.43. The van der Waals surface area contributed by atoms with Gasteiger partial charge in [-0.05, 0) is 50.1 Å². The fourth-order valence-corrected chi connectivity index (χ4v) is 4.95. The third-order valence-electron chi connectivity index (χ3n) is 6.26. The van der Waals surface area contributed by atoms with Crippen molar-refractivity contribution in [2.45, 2.75) is 44.8 Å². The summed E-state index contributed by atoms with van der Waals surface area (Å²) in [5.74, 6) is -0.0178. The van der Waals surface area contributed by atoms with Crippen LogP contribution in [0.3, 0.4) is 0 Å². The van der Waals surface area contributed by atoms with Gasteiger partial charge in [-0.1, -0.05) is 41.9 Å². The SMILES string of the molecule is CC(C)(C)N1CC(=O)N2[C@H](c3ccc(Cl)cc3)c3[nH]c4ccccc4c3C[C@@H]2C1=O. The molecule has 1 fully saturated rings. The highest BCUT2D eigenvalue weighted by molar-refractivity contribution is 6.30. The van der Waals surface area contributed by atoms with Gasteiger partial charge < -0.3 is 14.8 Å². The van der Waals surface area contributed by atoms with Gasteiger partial charge in [-0.15, -0.1) is 0 Å². The molecular weight excluding hydrogens is 398 g/mol. The summed E-state index contributed by atoms with van der Waals surface area (Å²) in [6.07, 6.45) is 0.514. The van der Waals surface area contributed by atoms with Crippen LogP contribution in [0.2, 0.25) is 5.02 Å². The second-order valence-electron chi connectivity index (χ2n) is 9.13. The van der Waals surface area contributed by atoms with Gasteiger partial charge in [-0.25, -0.2) is 0 Å². The summed E-state index contributed by atoms with van der Waals surface area (Å²) in [6, 6.07) is 14.8. The van der Waals surface area contributed by atoms with Gasteiger partial charge >= 0.3 is 0 Å². The molecule has 3 aromatic rings. The maximum Gasteiger partial charge on any atom is 0.246 e. The summed E-state index contributed by atoms with van der Waals surface area (Å²) < 4.78 is 0. The van der Waals surface area contributed by atoms with Crippen LogP contribution in [0.25, 0.3) is 10.9 Å². The summed E-state index contributed by atoms with van der Waals surface area (Å²) in [7, 11) is 0. The van der Waals surface area contributed by atoms with E-state index in [1.807, 2.05) is 63.2 Å². The van der Waals surface area contributed by atoms with E-state index in [2.05, 4.69) is 11.1 Å². The number of nitrogens with one attached hydrogen (secondary N) is 1. The summed E-state index contributed by atoms with van der Waals surface area (Å²) in [5, 5.41) is 1.75. The fourth-order valence-electron chi connectivity index (χ4n) is 4.82. The van der Waals surface area contributed by atoms with E-state index in [0.717, 1.165) is 27.7 Å². The summed E-state index contributed by atoms with van der Waals surface area (Å²) in [5.41, 5.74) is 3.66. The first-order valence-corrected chi connectivity index (χ1v) is 10.6. The molecule has 0 unspecified atom stereocenters. The molecule has 5 rings (SSSR count). The van der Waals surface area contributed by atoms with Crippen molar-refractivity contribution in [3.05, 3.63) is 70.4 Å². The van der Waals surface area contributed by atoms with Gasteiger partial charge in [0.1, 0.15) is 12.6 Å². The van der Waals surface area contributed by atoms with Crippen molar-refractivity contribution in [1.29, 1.82) is 0 Å². The molecule has 0 saturated carbocycles. The number of aromatic nitrogens is 1. The molecule has 154 valence electrons. The fraction of sp³-hybridized carbons (Fsp3) is 0.333. The molecule has 1 aromatic heterocycles. The van der Waals surface area contributed by atoms with Gasteiger partial charge in [0.2, 0.25) is 11.8 Å². The van der Waals surface area contributed by atoms with Crippen molar-refractivity contribution in [3.8, 4) is 0 Å². The van der Waals surface area contributed by atoms with Gasteiger partial charge in [-0.3, -0.25) is 9.59 Å². The van der Waals surface area contributed by atoms with Crippen LogP contribution >= 0.6 is 11.6 Å². The Morgan fingerprint density at radius 2 is 1.73 bits per heavy atom. The van der Waals surface area contributed by atoms with Gasteiger partial charge in [0.05, 0.1) is 6.04 Å². The molecule has 1 N–H and O–H groups in total. The minimum atomic E-state index is -0.516. The van der Waals surface area contributed by atoms with Gasteiger partial charge in [0.25, 0.3) is 0 Å². The van der Waals surface area contributed by atoms with E-state index in [1.165, 1.54) is 0 Å². The third-order valence-corrected chi connectivity index (χ3v) is 6.51. The van der Waals surface area contributed by atoms with E-state index >= 15 is 0 Å². The van der Waals surface area contributed by atoms with Crippen molar-refractivity contribution >= 4 is 34.3 Å². The van der Waals surface area contributed by atoms with Crippen LogP contribution in [0.5, 0.6) is 0 Å². The minimum Gasteiger partial charge on any atom is -0.356 e. The lowest BCUT2D eigenvalue weighted by Gasteiger charge is -2.50. The number of carbonyl (C=O) groups is 2. The third kappa shape index (κ3) is 2.83. The first-order chi connectivity index (χ1) is 14.3. The van der Waals surface area contributed by atoms with Crippen molar-refractivity contribution < 1.29 is 9.59 Å². The Bertz CT molecular complexity index is 1160. The van der Waals surface area contributed by atoms with Crippen LogP contribution in [0.1, 0.15) is 43.6 Å². The Morgan fingerprint density at radius 3 is 2.43 bits per heavy atom. The molecule has 6 heteroatoms. The number of H-pyrrole nitrogens is 1. The average molecular weight is 422 g/mol. The molecule has 2 amide bonds. The topological polar surface area (TPSA) is 56.4 Å². The first kappa shape index (κ1) is 19.2. The predicted octanol–water partition coefficient (Wildman–Crippen LogP) is 4.30. The molecule has 0 bridgehead atoms. The number of carbonyl (C=O) groups excluding carboxylic acids is 2. The number of benzene rings is 2. The molecule has 0 spiro atoms. The van der Waals surface area contributed by atoms with Gasteiger partial charge in [0.15, 0.2) is 0 Å². The highest BCUT2D eigenvalue weighted by Gasteiger charge is 2.50. The minimum absolute atomic E-state index is 0.0111. The van der Waals surface area contributed by atoms with E-state index in [-0.39, 0.29) is 24.4 Å². The van der Waals surface area contributed by atoms with E-state index in [0.29, 0.717) is 11.4 Å². The van der Waals surface area contributed by atoms with Crippen LogP contribution in [0, 0.1) is 0 Å². The molecular formula is C24H24ClN3O2. The van der Waals surface area contributed by atoms with E-state index in [4.69, 9.17) is 11.6 Å². The summed E-state index contributed by atoms with van der Waals surface area (Å²) >= 11 is 6.12. The van der Waals surface area contributed by atoms with Crippen LogP contribution in [0.15, 0.2) is 48.5 Å². The molecule has 1 saturated heterocycles. The first-order valence-electron chi connectivity index (χ1n) is 10.2. The molecule has 0 radical (unpaired) electrons. The summed E-state index contributed by atoms with van der Waals surface area (Å²) in [6.45, 7) is 6.03. The molecule has 3 heterocycles. The van der Waals surface area contributed by atoms with Gasteiger partial charge in [-0.2, -0.15) is 0 Å². The number of rotatable bonds is 1. The Morgan fingerprint density at radius 1 is 1.03 bits per heavy atom. The maximum atomic E-state index is 13.6. The largest absolute Gasteiger partial charge is 0.356 e. The maximum absolute atomic E-state index is 13.6. The van der Waals surface area contributed by atoms with Crippen LogP contribution in [-0.2, 0) is 16.0 Å². The number of hydrogen-bond donors (Lipinski definition) is 1. The average Bonchev–Trinajstić information content (AvgIpc) is 3.07. The number of halogens is 1. The lowest BCUT2D eigenvalue weighted by molar-refractivity contribution is -0.163. The lowest BCUT2D eigenvalue weighted by Crippen LogP contribution is -2.66. The molecule has 2 aliphatic rings. The molecule has 5 nitrogen and oxygen atoms in total.